The Morgan fingerprint density at radius 3 is 2.59 bits per heavy atom. The number of rotatable bonds is 6. The van der Waals surface area contributed by atoms with E-state index in [1.807, 2.05) is 4.90 Å². The molecular weight excluding hydrogens is 366 g/mol. The number of hydrazine groups is 1. The van der Waals surface area contributed by atoms with Gasteiger partial charge in [0.1, 0.15) is 5.69 Å². The summed E-state index contributed by atoms with van der Waals surface area (Å²) in [6, 6.07) is 6.70. The molecule has 1 amide bonds. The van der Waals surface area contributed by atoms with Gasteiger partial charge in [-0.2, -0.15) is 0 Å². The van der Waals surface area contributed by atoms with Gasteiger partial charge in [0.25, 0.3) is 5.69 Å². The zero-order chi connectivity index (χ0) is 19.8. The molecule has 1 saturated heterocycles. The molecule has 1 fully saturated rings. The Morgan fingerprint density at radius 2 is 1.96 bits per heavy atom. The van der Waals surface area contributed by atoms with E-state index in [0.717, 1.165) is 13.0 Å². The molecule has 1 aromatic carbocycles. The summed E-state index contributed by atoms with van der Waals surface area (Å²) in [7, 11) is 0. The molecule has 1 aliphatic heterocycles. The lowest BCUT2D eigenvalue weighted by Crippen LogP contribution is -2.50. The van der Waals surface area contributed by atoms with E-state index in [4.69, 9.17) is 12.2 Å². The van der Waals surface area contributed by atoms with Crippen LogP contribution in [0.5, 0.6) is 0 Å². The van der Waals surface area contributed by atoms with Crippen molar-refractivity contribution in [3.63, 3.8) is 0 Å². The highest BCUT2D eigenvalue weighted by atomic mass is 32.1. The molecule has 0 radical (unpaired) electrons. The SMILES string of the molecule is CC(C)CCNC(=S)NNC(=O)C1CCN(c2ccccc2[N+](=O)[O-])CC1. The van der Waals surface area contributed by atoms with Crippen LogP contribution in [0.1, 0.15) is 33.1 Å². The fourth-order valence-electron chi connectivity index (χ4n) is 3.01. The van der Waals surface area contributed by atoms with Gasteiger partial charge >= 0.3 is 0 Å². The van der Waals surface area contributed by atoms with Gasteiger partial charge < -0.3 is 10.2 Å². The number of thiocarbonyl (C=S) groups is 1. The zero-order valence-corrected chi connectivity index (χ0v) is 16.6. The highest BCUT2D eigenvalue weighted by Gasteiger charge is 2.28. The minimum atomic E-state index is -0.370. The topological polar surface area (TPSA) is 99.5 Å². The van der Waals surface area contributed by atoms with E-state index in [0.29, 0.717) is 42.6 Å². The maximum atomic E-state index is 12.3. The molecule has 8 nitrogen and oxygen atoms in total. The van der Waals surface area contributed by atoms with Crippen LogP contribution < -0.4 is 21.1 Å². The highest BCUT2D eigenvalue weighted by Crippen LogP contribution is 2.31. The molecule has 0 aromatic heterocycles. The Labute approximate surface area is 164 Å². The molecule has 148 valence electrons. The first-order valence-electron chi connectivity index (χ1n) is 9.20. The molecule has 0 aliphatic carbocycles. The number of benzene rings is 1. The molecule has 9 heteroatoms. The molecule has 3 N–H and O–H groups in total. The molecule has 0 atom stereocenters. The summed E-state index contributed by atoms with van der Waals surface area (Å²) >= 11 is 5.14. The van der Waals surface area contributed by atoms with Crippen molar-refractivity contribution >= 4 is 34.6 Å². The van der Waals surface area contributed by atoms with Gasteiger partial charge in [-0.15, -0.1) is 0 Å². The van der Waals surface area contributed by atoms with Gasteiger partial charge in [0.2, 0.25) is 5.91 Å². The van der Waals surface area contributed by atoms with Gasteiger partial charge in [-0.05, 0) is 43.5 Å². The number of piperidine rings is 1. The first kappa shape index (κ1) is 20.9. The summed E-state index contributed by atoms with van der Waals surface area (Å²) in [6.45, 7) is 6.22. The van der Waals surface area contributed by atoms with E-state index in [-0.39, 0.29) is 22.4 Å². The molecule has 2 rings (SSSR count). The third kappa shape index (κ3) is 6.35. The average Bonchev–Trinajstić information content (AvgIpc) is 2.66. The van der Waals surface area contributed by atoms with Gasteiger partial charge in [0.15, 0.2) is 5.11 Å². The normalized spacial score (nSPS) is 14.7. The summed E-state index contributed by atoms with van der Waals surface area (Å²) in [4.78, 5) is 25.1. The number of carbonyl (C=O) groups excluding carboxylic acids is 1. The smallest absolute Gasteiger partial charge is 0.292 e. The fourth-order valence-corrected chi connectivity index (χ4v) is 3.16. The predicted octanol–water partition coefficient (Wildman–Crippen LogP) is 2.35. The lowest BCUT2D eigenvalue weighted by atomic mass is 9.95. The van der Waals surface area contributed by atoms with Crippen molar-refractivity contribution in [2.45, 2.75) is 33.1 Å². The molecule has 1 aromatic rings. The lowest BCUT2D eigenvalue weighted by Gasteiger charge is -2.32. The second-order valence-corrected chi connectivity index (χ2v) is 7.47. The minimum Gasteiger partial charge on any atom is -0.366 e. The number of amides is 1. The third-order valence-corrected chi connectivity index (χ3v) is 4.84. The number of para-hydroxylation sites is 2. The first-order valence-corrected chi connectivity index (χ1v) is 9.61. The molecule has 27 heavy (non-hydrogen) atoms. The van der Waals surface area contributed by atoms with Crippen molar-refractivity contribution in [1.29, 1.82) is 0 Å². The van der Waals surface area contributed by atoms with E-state index >= 15 is 0 Å². The van der Waals surface area contributed by atoms with Crippen LogP contribution in [-0.2, 0) is 4.79 Å². The van der Waals surface area contributed by atoms with Crippen LogP contribution in [-0.4, -0.2) is 35.6 Å². The van der Waals surface area contributed by atoms with Gasteiger partial charge in [-0.3, -0.25) is 25.8 Å². The average molecular weight is 394 g/mol. The second-order valence-electron chi connectivity index (χ2n) is 7.06. The predicted molar refractivity (Wildman–Crippen MR) is 109 cm³/mol. The van der Waals surface area contributed by atoms with E-state index in [1.165, 1.54) is 6.07 Å². The van der Waals surface area contributed by atoms with Gasteiger partial charge in [-0.25, -0.2) is 0 Å². The van der Waals surface area contributed by atoms with E-state index in [9.17, 15) is 14.9 Å². The van der Waals surface area contributed by atoms with Crippen LogP contribution in [0.25, 0.3) is 0 Å². The summed E-state index contributed by atoms with van der Waals surface area (Å²) in [5.41, 5.74) is 6.10. The maximum absolute atomic E-state index is 12.3. The number of hydrogen-bond acceptors (Lipinski definition) is 5. The van der Waals surface area contributed by atoms with Crippen molar-refractivity contribution in [1.82, 2.24) is 16.2 Å². The van der Waals surface area contributed by atoms with Crippen LogP contribution in [0.2, 0.25) is 0 Å². The Hall–Kier alpha value is -2.42. The second kappa shape index (κ2) is 10.1. The summed E-state index contributed by atoms with van der Waals surface area (Å²) in [6.07, 6.45) is 2.26. The highest BCUT2D eigenvalue weighted by molar-refractivity contribution is 7.80. The van der Waals surface area contributed by atoms with Gasteiger partial charge in [-0.1, -0.05) is 26.0 Å². The number of nitro groups is 1. The summed E-state index contributed by atoms with van der Waals surface area (Å²) in [5.74, 6) is 0.334. The Kier molecular flexibility index (Phi) is 7.78. The molecule has 0 bridgehead atoms. The molecule has 1 aliphatic rings. The summed E-state index contributed by atoms with van der Waals surface area (Å²) < 4.78 is 0. The van der Waals surface area contributed by atoms with Crippen molar-refractivity contribution in [3.05, 3.63) is 34.4 Å². The quantitative estimate of drug-likeness (QED) is 0.387. The largest absolute Gasteiger partial charge is 0.366 e. The Bertz CT molecular complexity index is 675. The molecule has 0 saturated carbocycles. The van der Waals surface area contributed by atoms with Crippen molar-refractivity contribution in [2.75, 3.05) is 24.5 Å². The first-order chi connectivity index (χ1) is 12.9. The molecular formula is C18H27N5O3S. The van der Waals surface area contributed by atoms with Crippen LogP contribution in [0, 0.1) is 22.0 Å². The fraction of sp³-hybridized carbons (Fsp3) is 0.556. The number of anilines is 1. The van der Waals surface area contributed by atoms with Crippen molar-refractivity contribution in [3.8, 4) is 0 Å². The molecule has 1 heterocycles. The van der Waals surface area contributed by atoms with Crippen LogP contribution in [0.4, 0.5) is 11.4 Å². The van der Waals surface area contributed by atoms with Crippen LogP contribution in [0.15, 0.2) is 24.3 Å². The standard InChI is InChI=1S/C18H27N5O3S/c1-13(2)7-10-19-18(27)21-20-17(24)14-8-11-22(12-9-14)15-5-3-4-6-16(15)23(25)26/h3-6,13-14H,7-12H2,1-2H3,(H,20,24)(H2,19,21,27). The Balaban J connectivity index is 1.78. The Morgan fingerprint density at radius 1 is 1.30 bits per heavy atom. The third-order valence-electron chi connectivity index (χ3n) is 4.59. The number of nitrogens with one attached hydrogen (secondary N) is 3. The van der Waals surface area contributed by atoms with E-state index in [1.54, 1.807) is 18.2 Å². The summed E-state index contributed by atoms with van der Waals surface area (Å²) in [5, 5.41) is 14.6. The maximum Gasteiger partial charge on any atom is 0.292 e. The van der Waals surface area contributed by atoms with Crippen LogP contribution >= 0.6 is 12.2 Å². The molecule has 0 spiro atoms. The van der Waals surface area contributed by atoms with Gasteiger partial charge in [0, 0.05) is 31.6 Å². The van der Waals surface area contributed by atoms with Crippen LogP contribution in [0.3, 0.4) is 0 Å². The van der Waals surface area contributed by atoms with Crippen molar-refractivity contribution in [2.24, 2.45) is 11.8 Å². The number of hydrogen-bond donors (Lipinski definition) is 3. The number of nitrogens with zero attached hydrogens (tertiary/aromatic N) is 2. The monoisotopic (exact) mass is 393 g/mol. The van der Waals surface area contributed by atoms with E-state index in [2.05, 4.69) is 30.0 Å². The van der Waals surface area contributed by atoms with E-state index < -0.39 is 0 Å². The van der Waals surface area contributed by atoms with Crippen molar-refractivity contribution < 1.29 is 9.72 Å². The molecule has 0 unspecified atom stereocenters. The van der Waals surface area contributed by atoms with Gasteiger partial charge in [0.05, 0.1) is 4.92 Å². The zero-order valence-electron chi connectivity index (χ0n) is 15.7. The number of carbonyl (C=O) groups is 1. The number of nitro benzene ring substituents is 1. The minimum absolute atomic E-state index is 0.0971. The lowest BCUT2D eigenvalue weighted by molar-refractivity contribution is -0.384.